The van der Waals surface area contributed by atoms with Crippen molar-refractivity contribution in [3.63, 3.8) is 0 Å². The molecule has 8 nitrogen and oxygen atoms in total. The number of aliphatic carboxylic acids is 1. The molecular weight excluding hydrogens is 446 g/mol. The van der Waals surface area contributed by atoms with Crippen LogP contribution in [0.5, 0.6) is 5.75 Å². The Hall–Kier alpha value is -4.72. The first-order valence-corrected chi connectivity index (χ1v) is 10.9. The van der Waals surface area contributed by atoms with Crippen LogP contribution in [0.1, 0.15) is 28.2 Å². The molecule has 0 aliphatic heterocycles. The van der Waals surface area contributed by atoms with Crippen LogP contribution >= 0.6 is 0 Å². The van der Waals surface area contributed by atoms with Crippen LogP contribution in [0.3, 0.4) is 0 Å². The first-order valence-electron chi connectivity index (χ1n) is 10.9. The highest BCUT2D eigenvalue weighted by Gasteiger charge is 2.18. The van der Waals surface area contributed by atoms with Gasteiger partial charge in [-0.1, -0.05) is 72.8 Å². The lowest BCUT2D eigenvalue weighted by molar-refractivity contribution is -0.385. The van der Waals surface area contributed by atoms with Crippen LogP contribution in [0.25, 0.3) is 6.08 Å². The van der Waals surface area contributed by atoms with E-state index in [1.807, 2.05) is 48.8 Å². The van der Waals surface area contributed by atoms with Crippen LogP contribution in [-0.4, -0.2) is 32.4 Å². The van der Waals surface area contributed by atoms with Crippen molar-refractivity contribution in [1.29, 1.82) is 0 Å². The molecule has 0 bridgehead atoms. The number of ether oxygens (including phenoxy) is 1. The van der Waals surface area contributed by atoms with Crippen LogP contribution in [-0.2, 0) is 11.3 Å². The number of aromatic nitrogens is 2. The first-order chi connectivity index (χ1) is 17.0. The molecule has 0 aliphatic rings. The van der Waals surface area contributed by atoms with Gasteiger partial charge in [-0.3, -0.25) is 14.8 Å². The molecule has 8 heteroatoms. The van der Waals surface area contributed by atoms with Gasteiger partial charge in [0.25, 0.3) is 5.69 Å². The van der Waals surface area contributed by atoms with Gasteiger partial charge in [0.1, 0.15) is 5.75 Å². The van der Waals surface area contributed by atoms with Gasteiger partial charge in [-0.15, -0.1) is 0 Å². The number of benzene rings is 3. The predicted octanol–water partition coefficient (Wildman–Crippen LogP) is 5.15. The number of nitrogens with zero attached hydrogens (tertiary/aromatic N) is 3. The molecule has 4 rings (SSSR count). The fourth-order valence-corrected chi connectivity index (χ4v) is 3.85. The van der Waals surface area contributed by atoms with Crippen molar-refractivity contribution in [2.45, 2.75) is 12.5 Å². The molecule has 1 aromatic heterocycles. The van der Waals surface area contributed by atoms with E-state index in [9.17, 15) is 14.9 Å². The molecule has 0 aliphatic carbocycles. The standard InChI is InChI=1S/C27H23N3O5/c31-26(32)19-35-24-13-14-25(30(33)34)22(16-24)12-7-15-29-18-23(17-28-29)27(20-8-3-1-4-9-20)21-10-5-2-6-11-21/h1-14,16-18,27H,15,19H2,(H,31,32)/b12-7+. The van der Waals surface area contributed by atoms with E-state index in [4.69, 9.17) is 9.84 Å². The second-order valence-corrected chi connectivity index (χ2v) is 7.81. The number of allylic oxidation sites excluding steroid dienone is 1. The lowest BCUT2D eigenvalue weighted by atomic mass is 9.87. The van der Waals surface area contributed by atoms with Crippen molar-refractivity contribution >= 4 is 17.7 Å². The molecule has 4 aromatic rings. The van der Waals surface area contributed by atoms with Crippen molar-refractivity contribution in [1.82, 2.24) is 9.78 Å². The number of carboxylic acid groups (broad SMARTS) is 1. The van der Waals surface area contributed by atoms with E-state index < -0.39 is 17.5 Å². The zero-order valence-corrected chi connectivity index (χ0v) is 18.7. The zero-order chi connectivity index (χ0) is 24.6. The van der Waals surface area contributed by atoms with E-state index in [-0.39, 0.29) is 17.4 Å². The normalized spacial score (nSPS) is 11.1. The molecular formula is C27H23N3O5. The Morgan fingerprint density at radius 3 is 2.29 bits per heavy atom. The maximum absolute atomic E-state index is 11.4. The molecule has 0 radical (unpaired) electrons. The topological polar surface area (TPSA) is 107 Å². The van der Waals surface area contributed by atoms with E-state index in [0.29, 0.717) is 12.1 Å². The zero-order valence-electron chi connectivity index (χ0n) is 18.7. The lowest BCUT2D eigenvalue weighted by Crippen LogP contribution is -2.09. The minimum Gasteiger partial charge on any atom is -0.482 e. The minimum absolute atomic E-state index is 0.0271. The van der Waals surface area contributed by atoms with Gasteiger partial charge in [0.2, 0.25) is 0 Å². The van der Waals surface area contributed by atoms with Gasteiger partial charge in [0.05, 0.1) is 23.2 Å². The third kappa shape index (κ3) is 6.00. The highest BCUT2D eigenvalue weighted by atomic mass is 16.6. The largest absolute Gasteiger partial charge is 0.482 e. The number of hydrogen-bond acceptors (Lipinski definition) is 5. The monoisotopic (exact) mass is 469 g/mol. The second kappa shape index (κ2) is 10.9. The molecule has 1 N–H and O–H groups in total. The summed E-state index contributed by atoms with van der Waals surface area (Å²) in [6, 6.07) is 24.5. The Morgan fingerprint density at radius 2 is 1.69 bits per heavy atom. The van der Waals surface area contributed by atoms with Gasteiger partial charge < -0.3 is 9.84 Å². The predicted molar refractivity (Wildman–Crippen MR) is 131 cm³/mol. The van der Waals surface area contributed by atoms with Gasteiger partial charge in [-0.2, -0.15) is 5.10 Å². The molecule has 0 saturated carbocycles. The summed E-state index contributed by atoms with van der Waals surface area (Å²) in [5, 5.41) is 24.7. The van der Waals surface area contributed by atoms with Crippen LogP contribution in [0, 0.1) is 10.1 Å². The summed E-state index contributed by atoms with van der Waals surface area (Å²) < 4.78 is 6.91. The number of rotatable bonds is 10. The summed E-state index contributed by atoms with van der Waals surface area (Å²) in [5.74, 6) is -0.855. The average molecular weight is 469 g/mol. The smallest absolute Gasteiger partial charge is 0.341 e. The number of nitro benzene ring substituents is 1. The Labute approximate surface area is 201 Å². The number of carboxylic acids is 1. The second-order valence-electron chi connectivity index (χ2n) is 7.81. The molecule has 0 fully saturated rings. The molecule has 0 atom stereocenters. The van der Waals surface area contributed by atoms with Crippen molar-refractivity contribution < 1.29 is 19.6 Å². The fourth-order valence-electron chi connectivity index (χ4n) is 3.85. The number of carbonyl (C=O) groups is 1. The summed E-state index contributed by atoms with van der Waals surface area (Å²) in [7, 11) is 0. The number of hydrogen-bond donors (Lipinski definition) is 1. The summed E-state index contributed by atoms with van der Waals surface area (Å²) in [4.78, 5) is 21.6. The highest BCUT2D eigenvalue weighted by molar-refractivity contribution is 5.69. The Kier molecular flexibility index (Phi) is 7.32. The van der Waals surface area contributed by atoms with Crippen LogP contribution in [0.4, 0.5) is 5.69 Å². The van der Waals surface area contributed by atoms with E-state index in [1.54, 1.807) is 16.8 Å². The summed E-state index contributed by atoms with van der Waals surface area (Å²) in [6.07, 6.45) is 7.18. The highest BCUT2D eigenvalue weighted by Crippen LogP contribution is 2.31. The summed E-state index contributed by atoms with van der Waals surface area (Å²) >= 11 is 0. The molecule has 0 saturated heterocycles. The Morgan fingerprint density at radius 1 is 1.03 bits per heavy atom. The molecule has 35 heavy (non-hydrogen) atoms. The minimum atomic E-state index is -1.13. The quantitative estimate of drug-likeness (QED) is 0.254. The lowest BCUT2D eigenvalue weighted by Gasteiger charge is -2.16. The Bertz CT molecular complexity index is 1290. The van der Waals surface area contributed by atoms with Crippen LogP contribution in [0.2, 0.25) is 0 Å². The number of nitro groups is 1. The van der Waals surface area contributed by atoms with Gasteiger partial charge in [-0.25, -0.2) is 4.79 Å². The van der Waals surface area contributed by atoms with E-state index in [2.05, 4.69) is 29.4 Å². The average Bonchev–Trinajstić information content (AvgIpc) is 3.32. The molecule has 1 heterocycles. The summed E-state index contributed by atoms with van der Waals surface area (Å²) in [6.45, 7) is -0.130. The fraction of sp³-hybridized carbons (Fsp3) is 0.111. The molecule has 0 unspecified atom stereocenters. The third-order valence-corrected chi connectivity index (χ3v) is 5.40. The van der Waals surface area contributed by atoms with E-state index in [0.717, 1.165) is 16.7 Å². The van der Waals surface area contributed by atoms with Crippen LogP contribution < -0.4 is 4.74 Å². The van der Waals surface area contributed by atoms with Gasteiger partial charge in [0.15, 0.2) is 6.61 Å². The van der Waals surface area contributed by atoms with E-state index in [1.165, 1.54) is 18.2 Å². The van der Waals surface area contributed by atoms with Gasteiger partial charge in [0, 0.05) is 23.7 Å². The van der Waals surface area contributed by atoms with Crippen molar-refractivity contribution in [2.75, 3.05) is 6.61 Å². The van der Waals surface area contributed by atoms with Gasteiger partial charge in [-0.05, 0) is 23.3 Å². The van der Waals surface area contributed by atoms with Crippen LogP contribution in [0.15, 0.2) is 97.3 Å². The maximum atomic E-state index is 11.4. The Balaban J connectivity index is 1.55. The maximum Gasteiger partial charge on any atom is 0.341 e. The molecule has 0 amide bonds. The van der Waals surface area contributed by atoms with Crippen molar-refractivity contribution in [2.24, 2.45) is 0 Å². The van der Waals surface area contributed by atoms with E-state index >= 15 is 0 Å². The first kappa shape index (κ1) is 23.4. The third-order valence-electron chi connectivity index (χ3n) is 5.40. The van der Waals surface area contributed by atoms with Crippen molar-refractivity contribution in [3.05, 3.63) is 130 Å². The molecule has 0 spiro atoms. The SMILES string of the molecule is O=C(O)COc1ccc([N+](=O)[O-])c(/C=C/Cn2cc(C(c3ccccc3)c3ccccc3)cn2)c1. The molecule has 3 aromatic carbocycles. The van der Waals surface area contributed by atoms with Gasteiger partial charge >= 0.3 is 5.97 Å². The molecule has 176 valence electrons. The summed E-state index contributed by atoms with van der Waals surface area (Å²) in [5.41, 5.74) is 3.56. The van der Waals surface area contributed by atoms with Crippen molar-refractivity contribution in [3.8, 4) is 5.75 Å².